The van der Waals surface area contributed by atoms with E-state index in [2.05, 4.69) is 9.68 Å². The number of nitrogens with zero attached hydrogens (tertiary/aromatic N) is 1. The van der Waals surface area contributed by atoms with Crippen LogP contribution in [0.15, 0.2) is 17.0 Å². The Labute approximate surface area is 71.7 Å². The summed E-state index contributed by atoms with van der Waals surface area (Å²) in [6.07, 6.45) is 6.21. The van der Waals surface area contributed by atoms with Gasteiger partial charge in [0.2, 0.25) is 0 Å². The summed E-state index contributed by atoms with van der Waals surface area (Å²) in [6, 6.07) is 0. The summed E-state index contributed by atoms with van der Waals surface area (Å²) in [5, 5.41) is 3.56. The summed E-state index contributed by atoms with van der Waals surface area (Å²) in [4.78, 5) is 11.1. The second-order valence-electron chi connectivity index (χ2n) is 2.82. The van der Waals surface area contributed by atoms with Gasteiger partial charge in [-0.25, -0.2) is 0 Å². The van der Waals surface area contributed by atoms with Crippen LogP contribution in [0.3, 0.4) is 0 Å². The summed E-state index contributed by atoms with van der Waals surface area (Å²) in [5.74, 6) is 0.318. The zero-order valence-electron chi connectivity index (χ0n) is 7.25. The monoisotopic (exact) mass is 167 g/mol. The number of rotatable bonds is 5. The Hall–Kier alpha value is -1.12. The fraction of sp³-hybridized carbons (Fsp3) is 0.556. The third kappa shape index (κ3) is 2.86. The van der Waals surface area contributed by atoms with Crippen molar-refractivity contribution in [2.45, 2.75) is 32.6 Å². The van der Waals surface area contributed by atoms with Gasteiger partial charge >= 0.3 is 0 Å². The first-order valence-corrected chi connectivity index (χ1v) is 4.23. The van der Waals surface area contributed by atoms with E-state index in [1.807, 2.05) is 6.92 Å². The fourth-order valence-electron chi connectivity index (χ4n) is 1.04. The first-order valence-electron chi connectivity index (χ1n) is 4.23. The summed E-state index contributed by atoms with van der Waals surface area (Å²) >= 11 is 0. The summed E-state index contributed by atoms with van der Waals surface area (Å²) in [6.45, 7) is 2.01. The molecule has 0 saturated carbocycles. The van der Waals surface area contributed by atoms with E-state index < -0.39 is 0 Å². The molecule has 0 N–H and O–H groups in total. The molecule has 0 amide bonds. The van der Waals surface area contributed by atoms with E-state index in [1.165, 1.54) is 0 Å². The van der Waals surface area contributed by atoms with Crippen LogP contribution in [0.2, 0.25) is 0 Å². The number of carbonyl (C=O) groups excluding carboxylic acids is 1. The van der Waals surface area contributed by atoms with Crippen LogP contribution in [0.1, 0.15) is 31.7 Å². The molecule has 0 bridgehead atoms. The van der Waals surface area contributed by atoms with Crippen molar-refractivity contribution in [2.24, 2.45) is 0 Å². The Bertz CT molecular complexity index is 229. The normalized spacial score (nSPS) is 10.1. The van der Waals surface area contributed by atoms with E-state index >= 15 is 0 Å². The molecule has 1 aromatic rings. The lowest BCUT2D eigenvalue weighted by Crippen LogP contribution is -1.98. The van der Waals surface area contributed by atoms with Crippen molar-refractivity contribution in [1.29, 1.82) is 0 Å². The average Bonchev–Trinajstić information content (AvgIpc) is 2.53. The predicted octanol–water partition coefficient (Wildman–Crippen LogP) is 1.98. The van der Waals surface area contributed by atoms with Gasteiger partial charge in [-0.1, -0.05) is 12.1 Å². The highest BCUT2D eigenvalue weighted by molar-refractivity contribution is 5.78. The molecule has 0 spiro atoms. The predicted molar refractivity (Wildman–Crippen MR) is 44.7 cm³/mol. The van der Waals surface area contributed by atoms with Gasteiger partial charge in [0.05, 0.1) is 6.20 Å². The van der Waals surface area contributed by atoms with Gasteiger partial charge in [0, 0.05) is 18.4 Å². The molecule has 0 aliphatic rings. The van der Waals surface area contributed by atoms with Gasteiger partial charge in [0.15, 0.2) is 0 Å². The molecular formula is C9H13NO2. The first kappa shape index (κ1) is 8.97. The molecule has 0 aliphatic heterocycles. The molecule has 0 unspecified atom stereocenters. The molecule has 0 aliphatic carbocycles. The van der Waals surface area contributed by atoms with Crippen molar-refractivity contribution >= 4 is 5.78 Å². The molecule has 0 radical (unpaired) electrons. The quantitative estimate of drug-likeness (QED) is 0.673. The van der Waals surface area contributed by atoms with E-state index in [1.54, 1.807) is 12.5 Å². The van der Waals surface area contributed by atoms with E-state index in [-0.39, 0.29) is 0 Å². The maximum absolute atomic E-state index is 11.1. The minimum Gasteiger partial charge on any atom is -0.364 e. The SMILES string of the molecule is CCCC(=O)CCc1cnoc1. The van der Waals surface area contributed by atoms with Crippen LogP contribution in [0.4, 0.5) is 0 Å². The third-order valence-electron chi connectivity index (χ3n) is 1.70. The molecule has 3 heteroatoms. The molecule has 3 nitrogen and oxygen atoms in total. The molecule has 0 aromatic carbocycles. The van der Waals surface area contributed by atoms with Crippen molar-refractivity contribution < 1.29 is 9.32 Å². The second kappa shape index (κ2) is 4.70. The lowest BCUT2D eigenvalue weighted by atomic mass is 10.1. The minimum atomic E-state index is 0.318. The topological polar surface area (TPSA) is 43.1 Å². The molecule has 66 valence electrons. The van der Waals surface area contributed by atoms with E-state index in [0.717, 1.165) is 18.4 Å². The number of hydrogen-bond acceptors (Lipinski definition) is 3. The van der Waals surface area contributed by atoms with Gasteiger partial charge in [0.1, 0.15) is 12.0 Å². The van der Waals surface area contributed by atoms with Crippen molar-refractivity contribution in [2.75, 3.05) is 0 Å². The first-order chi connectivity index (χ1) is 5.83. The van der Waals surface area contributed by atoms with Crippen LogP contribution in [-0.2, 0) is 11.2 Å². The lowest BCUT2D eigenvalue weighted by Gasteiger charge is -1.94. The summed E-state index contributed by atoms with van der Waals surface area (Å²) in [7, 11) is 0. The number of ketones is 1. The number of carbonyl (C=O) groups is 1. The van der Waals surface area contributed by atoms with E-state index in [9.17, 15) is 4.79 Å². The summed E-state index contributed by atoms with van der Waals surface area (Å²) in [5.41, 5.74) is 0.999. The molecular weight excluding hydrogens is 154 g/mol. The Morgan fingerprint density at radius 2 is 2.42 bits per heavy atom. The molecule has 0 atom stereocenters. The molecule has 1 heterocycles. The molecule has 0 fully saturated rings. The molecule has 12 heavy (non-hydrogen) atoms. The van der Waals surface area contributed by atoms with Gasteiger partial charge in [-0.15, -0.1) is 0 Å². The largest absolute Gasteiger partial charge is 0.364 e. The Balaban J connectivity index is 2.22. The number of Topliss-reactive ketones (excluding diaryl/α,β-unsaturated/α-hetero) is 1. The van der Waals surface area contributed by atoms with Crippen LogP contribution in [0, 0.1) is 0 Å². The molecule has 1 rings (SSSR count). The number of hydrogen-bond donors (Lipinski definition) is 0. The Kier molecular flexibility index (Phi) is 3.51. The van der Waals surface area contributed by atoms with Crippen molar-refractivity contribution in [1.82, 2.24) is 5.16 Å². The maximum Gasteiger partial charge on any atom is 0.133 e. The smallest absolute Gasteiger partial charge is 0.133 e. The van der Waals surface area contributed by atoms with Crippen molar-refractivity contribution in [3.63, 3.8) is 0 Å². The zero-order valence-corrected chi connectivity index (χ0v) is 7.25. The van der Waals surface area contributed by atoms with E-state index in [0.29, 0.717) is 18.6 Å². The van der Waals surface area contributed by atoms with Crippen molar-refractivity contribution in [3.8, 4) is 0 Å². The standard InChI is InChI=1S/C9H13NO2/c1-2-3-9(11)5-4-8-6-10-12-7-8/h6-7H,2-5H2,1H3. The number of aryl methyl sites for hydroxylation is 1. The maximum atomic E-state index is 11.1. The highest BCUT2D eigenvalue weighted by atomic mass is 16.5. The highest BCUT2D eigenvalue weighted by Crippen LogP contribution is 2.03. The highest BCUT2D eigenvalue weighted by Gasteiger charge is 2.01. The Morgan fingerprint density at radius 3 is 3.00 bits per heavy atom. The Morgan fingerprint density at radius 1 is 1.58 bits per heavy atom. The zero-order chi connectivity index (χ0) is 8.81. The van der Waals surface area contributed by atoms with Gasteiger partial charge in [-0.05, 0) is 12.8 Å². The molecule has 1 aromatic heterocycles. The van der Waals surface area contributed by atoms with Crippen LogP contribution in [0.25, 0.3) is 0 Å². The third-order valence-corrected chi connectivity index (χ3v) is 1.70. The van der Waals surface area contributed by atoms with Gasteiger partial charge < -0.3 is 4.52 Å². The lowest BCUT2D eigenvalue weighted by molar-refractivity contribution is -0.119. The van der Waals surface area contributed by atoms with Gasteiger partial charge in [-0.3, -0.25) is 4.79 Å². The minimum absolute atomic E-state index is 0.318. The average molecular weight is 167 g/mol. The van der Waals surface area contributed by atoms with Crippen LogP contribution >= 0.6 is 0 Å². The van der Waals surface area contributed by atoms with Gasteiger partial charge in [0.25, 0.3) is 0 Å². The fourth-order valence-corrected chi connectivity index (χ4v) is 1.04. The summed E-state index contributed by atoms with van der Waals surface area (Å²) < 4.78 is 4.65. The number of aromatic nitrogens is 1. The second-order valence-corrected chi connectivity index (χ2v) is 2.82. The van der Waals surface area contributed by atoms with Crippen LogP contribution in [-0.4, -0.2) is 10.9 Å². The molecule has 0 saturated heterocycles. The van der Waals surface area contributed by atoms with Crippen LogP contribution in [0.5, 0.6) is 0 Å². The van der Waals surface area contributed by atoms with Crippen molar-refractivity contribution in [3.05, 3.63) is 18.0 Å². The van der Waals surface area contributed by atoms with Crippen LogP contribution < -0.4 is 0 Å². The van der Waals surface area contributed by atoms with E-state index in [4.69, 9.17) is 0 Å². The van der Waals surface area contributed by atoms with Gasteiger partial charge in [-0.2, -0.15) is 0 Å².